The fourth-order valence-corrected chi connectivity index (χ4v) is 6.21. The second-order valence-corrected chi connectivity index (χ2v) is 11.2. The molecule has 1 unspecified atom stereocenters. The molecule has 2 atom stereocenters. The number of phenolic OH excluding ortho intramolecular Hbond substituents is 1. The third kappa shape index (κ3) is 5.77. The molecule has 4 amide bonds. The molecule has 41 heavy (non-hydrogen) atoms. The zero-order valence-electron chi connectivity index (χ0n) is 22.8. The van der Waals surface area contributed by atoms with E-state index in [1.54, 1.807) is 39.1 Å². The van der Waals surface area contributed by atoms with Crippen LogP contribution in [0.3, 0.4) is 0 Å². The van der Waals surface area contributed by atoms with E-state index in [0.717, 1.165) is 34.2 Å². The summed E-state index contributed by atoms with van der Waals surface area (Å²) >= 11 is 1.38. The normalized spacial score (nSPS) is 18.9. The number of phenols is 1. The van der Waals surface area contributed by atoms with Crippen molar-refractivity contribution in [3.8, 4) is 18.1 Å². The Hall–Kier alpha value is -4.34. The van der Waals surface area contributed by atoms with Crippen molar-refractivity contribution in [3.05, 3.63) is 53.6 Å². The number of unbranched alkanes of at least 4 members (excludes halogenated alkanes) is 1. The van der Waals surface area contributed by atoms with E-state index < -0.39 is 12.2 Å². The van der Waals surface area contributed by atoms with Crippen molar-refractivity contribution in [3.63, 3.8) is 0 Å². The second-order valence-electron chi connectivity index (χ2n) is 10.1. The Labute approximate surface area is 242 Å². The molecule has 214 valence electrons. The molecule has 2 saturated heterocycles. The first-order valence-electron chi connectivity index (χ1n) is 13.6. The fraction of sp³-hybridized carbons (Fsp3) is 0.379. The molecule has 0 radical (unpaired) electrons. The van der Waals surface area contributed by atoms with Gasteiger partial charge in [0.25, 0.3) is 0 Å². The molecule has 11 nitrogen and oxygen atoms in total. The molecule has 2 aliphatic rings. The minimum Gasteiger partial charge on any atom is -0.508 e. The fourth-order valence-electron chi connectivity index (χ4n) is 5.43. The summed E-state index contributed by atoms with van der Waals surface area (Å²) < 4.78 is 0.924. The predicted octanol–water partition coefficient (Wildman–Crippen LogP) is 2.37. The smallest absolute Gasteiger partial charge is 0.332 e. The van der Waals surface area contributed by atoms with Crippen molar-refractivity contribution in [2.75, 3.05) is 31.9 Å². The number of terminal acetylenes is 1. The molecular formula is C29H33N7O4S. The molecule has 0 bridgehead atoms. The van der Waals surface area contributed by atoms with Crippen molar-refractivity contribution >= 4 is 44.5 Å². The van der Waals surface area contributed by atoms with Crippen LogP contribution in [0.5, 0.6) is 5.75 Å². The molecule has 0 spiro atoms. The molecule has 3 aromatic rings. The van der Waals surface area contributed by atoms with Crippen LogP contribution in [0.25, 0.3) is 10.2 Å². The second kappa shape index (κ2) is 12.0. The summed E-state index contributed by atoms with van der Waals surface area (Å²) in [4.78, 5) is 48.5. The Bertz CT molecular complexity index is 1480. The van der Waals surface area contributed by atoms with Crippen molar-refractivity contribution in [2.45, 2.75) is 44.9 Å². The number of nitrogens with one attached hydrogen (secondary N) is 1. The van der Waals surface area contributed by atoms with Gasteiger partial charge in [-0.2, -0.15) is 5.01 Å². The molecular weight excluding hydrogens is 542 g/mol. The highest BCUT2D eigenvalue weighted by Gasteiger charge is 2.52. The van der Waals surface area contributed by atoms with E-state index in [-0.39, 0.29) is 56.2 Å². The summed E-state index contributed by atoms with van der Waals surface area (Å²) in [5, 5.41) is 16.2. The summed E-state index contributed by atoms with van der Waals surface area (Å²) in [6, 6.07) is 11.1. The van der Waals surface area contributed by atoms with E-state index in [2.05, 4.69) is 16.2 Å². The summed E-state index contributed by atoms with van der Waals surface area (Å²) in [6.07, 6.45) is 7.02. The average molecular weight is 576 g/mol. The molecule has 0 aliphatic carbocycles. The Kier molecular flexibility index (Phi) is 8.28. The van der Waals surface area contributed by atoms with E-state index in [0.29, 0.717) is 11.7 Å². The largest absolute Gasteiger partial charge is 0.508 e. The van der Waals surface area contributed by atoms with E-state index in [4.69, 9.17) is 12.2 Å². The van der Waals surface area contributed by atoms with Gasteiger partial charge in [0.1, 0.15) is 18.0 Å². The number of nitrogens with two attached hydrogens (primary N) is 1. The molecule has 4 N–H and O–H groups in total. The monoisotopic (exact) mass is 575 g/mol. The highest BCUT2D eigenvalue weighted by Crippen LogP contribution is 2.32. The number of aromatic nitrogens is 1. The summed E-state index contributed by atoms with van der Waals surface area (Å²) in [5.41, 5.74) is 8.35. The van der Waals surface area contributed by atoms with Crippen molar-refractivity contribution in [2.24, 2.45) is 0 Å². The predicted molar refractivity (Wildman–Crippen MR) is 156 cm³/mol. The Balaban J connectivity index is 1.49. The number of para-hydroxylation sites is 1. The van der Waals surface area contributed by atoms with Gasteiger partial charge in [0.2, 0.25) is 11.8 Å². The minimum atomic E-state index is -0.814. The lowest BCUT2D eigenvalue weighted by Gasteiger charge is -2.46. The van der Waals surface area contributed by atoms with Crippen LogP contribution < -0.4 is 11.1 Å². The number of nitrogens with zero attached hydrogens (tertiary/aromatic N) is 5. The zero-order chi connectivity index (χ0) is 29.1. The van der Waals surface area contributed by atoms with Crippen molar-refractivity contribution in [1.29, 1.82) is 0 Å². The lowest BCUT2D eigenvalue weighted by Crippen LogP contribution is -2.66. The Morgan fingerprint density at radius 2 is 2.05 bits per heavy atom. The molecule has 3 heterocycles. The van der Waals surface area contributed by atoms with E-state index in [1.807, 2.05) is 25.1 Å². The number of hydrazine groups is 1. The number of carbonyl (C=O) groups excluding carboxylic acids is 3. The third-order valence-electron chi connectivity index (χ3n) is 7.40. The topological polar surface area (TPSA) is 135 Å². The van der Waals surface area contributed by atoms with Gasteiger partial charge >= 0.3 is 6.03 Å². The van der Waals surface area contributed by atoms with Crippen molar-refractivity contribution < 1.29 is 19.5 Å². The van der Waals surface area contributed by atoms with Crippen LogP contribution in [0.1, 0.15) is 30.9 Å². The number of anilines is 1. The summed E-state index contributed by atoms with van der Waals surface area (Å²) in [7, 11) is 0. The number of hydrogen-bond donors (Lipinski definition) is 3. The van der Waals surface area contributed by atoms with Crippen LogP contribution in [-0.2, 0) is 22.6 Å². The SMILES string of the molecule is C#CCN(C(=O)NCCCC)N1CC(=O)N2C(Cc3ccc(O)cc3)C(=O)N(Cc3cccc4sc(N)nc34)C[C@@H]21. The first-order valence-corrected chi connectivity index (χ1v) is 14.4. The van der Waals surface area contributed by atoms with Gasteiger partial charge in [0, 0.05) is 19.5 Å². The average Bonchev–Trinajstić information content (AvgIpc) is 3.49. The van der Waals surface area contributed by atoms with Crippen LogP contribution >= 0.6 is 11.3 Å². The van der Waals surface area contributed by atoms with Gasteiger partial charge in [-0.1, -0.05) is 54.9 Å². The van der Waals surface area contributed by atoms with Crippen LogP contribution in [-0.4, -0.2) is 86.1 Å². The molecule has 0 saturated carbocycles. The number of fused-ring (bicyclic) bond motifs is 2. The number of hydrogen-bond acceptors (Lipinski definition) is 8. The van der Waals surface area contributed by atoms with Gasteiger partial charge in [-0.15, -0.1) is 6.42 Å². The standard InChI is InChI=1S/C29H33N7O4S/c1-3-5-13-31-29(40)34(14-4-2)35-18-25(38)36-22(15-19-9-11-21(37)12-10-19)27(39)33(17-24(35)36)16-20-7-6-8-23-26(20)32-28(30)41-23/h2,6-12,22,24,37H,3,5,13-18H2,1H3,(H2,30,32)(H,31,40)/t22?,24-/m1/s1. The highest BCUT2D eigenvalue weighted by atomic mass is 32.1. The number of carbonyl (C=O) groups is 3. The van der Waals surface area contributed by atoms with Gasteiger partial charge in [-0.05, 0) is 35.7 Å². The van der Waals surface area contributed by atoms with Crippen LogP contribution in [0.2, 0.25) is 0 Å². The maximum Gasteiger partial charge on any atom is 0.332 e. The number of piperazine rings is 1. The minimum absolute atomic E-state index is 0.0242. The summed E-state index contributed by atoms with van der Waals surface area (Å²) in [5.74, 6) is 2.18. The molecule has 5 rings (SSSR count). The van der Waals surface area contributed by atoms with E-state index >= 15 is 0 Å². The quantitative estimate of drug-likeness (QED) is 0.263. The van der Waals surface area contributed by atoms with E-state index in [9.17, 15) is 19.5 Å². The van der Waals surface area contributed by atoms with Crippen LogP contribution in [0, 0.1) is 12.3 Å². The van der Waals surface area contributed by atoms with E-state index in [1.165, 1.54) is 16.3 Å². The van der Waals surface area contributed by atoms with Crippen molar-refractivity contribution in [1.82, 2.24) is 30.1 Å². The number of benzene rings is 2. The van der Waals surface area contributed by atoms with Gasteiger partial charge in [-0.25, -0.2) is 14.8 Å². The van der Waals surface area contributed by atoms with Gasteiger partial charge < -0.3 is 26.0 Å². The van der Waals surface area contributed by atoms with Crippen LogP contribution in [0.15, 0.2) is 42.5 Å². The highest BCUT2D eigenvalue weighted by molar-refractivity contribution is 7.22. The molecule has 12 heteroatoms. The molecule has 2 fully saturated rings. The number of amides is 4. The Morgan fingerprint density at radius 3 is 2.78 bits per heavy atom. The summed E-state index contributed by atoms with van der Waals surface area (Å²) in [6.45, 7) is 2.85. The van der Waals surface area contributed by atoms with Gasteiger partial charge in [-0.3, -0.25) is 9.59 Å². The lowest BCUT2D eigenvalue weighted by molar-refractivity contribution is -0.157. The number of thiazole rings is 1. The number of rotatable bonds is 9. The number of urea groups is 1. The maximum absolute atomic E-state index is 14.0. The molecule has 1 aromatic heterocycles. The first kappa shape index (κ1) is 28.2. The third-order valence-corrected chi connectivity index (χ3v) is 8.25. The molecule has 2 aromatic carbocycles. The van der Waals surface area contributed by atoms with Gasteiger partial charge in [0.05, 0.1) is 29.9 Å². The first-order chi connectivity index (χ1) is 19.8. The number of aromatic hydroxyl groups is 1. The molecule has 2 aliphatic heterocycles. The van der Waals surface area contributed by atoms with Crippen LogP contribution in [0.4, 0.5) is 9.93 Å². The number of nitrogen functional groups attached to an aromatic ring is 1. The lowest BCUT2D eigenvalue weighted by atomic mass is 9.99. The van der Waals surface area contributed by atoms with Gasteiger partial charge in [0.15, 0.2) is 5.13 Å². The zero-order valence-corrected chi connectivity index (χ0v) is 23.6. The maximum atomic E-state index is 14.0. The Morgan fingerprint density at radius 1 is 1.27 bits per heavy atom.